The second-order valence-electron chi connectivity index (χ2n) is 3.89. The van der Waals surface area contributed by atoms with E-state index in [2.05, 4.69) is 51.8 Å². The normalized spacial score (nSPS) is 11.8. The van der Waals surface area contributed by atoms with Crippen molar-refractivity contribution >= 4 is 51.2 Å². The maximum atomic E-state index is 11.2. The average Bonchev–Trinajstić information content (AvgIpc) is 2.35. The topological polar surface area (TPSA) is 55.8 Å². The number of hydrogen-bond donors (Lipinski definition) is 1. The molecule has 0 heterocycles. The van der Waals surface area contributed by atoms with E-state index in [1.54, 1.807) is 6.92 Å². The van der Waals surface area contributed by atoms with E-state index in [-0.39, 0.29) is 13.2 Å². The molecule has 1 aromatic carbocycles. The Labute approximate surface area is 139 Å². The highest BCUT2D eigenvalue weighted by molar-refractivity contribution is 14.1. The van der Waals surface area contributed by atoms with Gasteiger partial charge in [0.15, 0.2) is 0 Å². The van der Waals surface area contributed by atoms with E-state index < -0.39 is 12.1 Å². The van der Waals surface area contributed by atoms with Gasteiger partial charge in [0, 0.05) is 5.57 Å². The summed E-state index contributed by atoms with van der Waals surface area (Å²) in [6, 6.07) is 5.78. The van der Waals surface area contributed by atoms with Gasteiger partial charge in [-0.15, -0.1) is 0 Å². The largest absolute Gasteiger partial charge is 0.489 e. The minimum atomic E-state index is -0.866. The zero-order valence-electron chi connectivity index (χ0n) is 10.4. The lowest BCUT2D eigenvalue weighted by atomic mass is 10.3. The predicted octanol–water partition coefficient (Wildman–Crippen LogP) is 2.75. The summed E-state index contributed by atoms with van der Waals surface area (Å²) in [6.07, 6.45) is -0.866. The molecule has 0 radical (unpaired) electrons. The Hall–Kier alpha value is -0.350. The Balaban J connectivity index is 2.44. The van der Waals surface area contributed by atoms with Crippen molar-refractivity contribution in [3.05, 3.63) is 37.5 Å². The number of ether oxygens (including phenoxy) is 2. The van der Waals surface area contributed by atoms with Gasteiger partial charge in [0.2, 0.25) is 0 Å². The summed E-state index contributed by atoms with van der Waals surface area (Å²) >= 11 is 4.33. The van der Waals surface area contributed by atoms with Gasteiger partial charge in [0.1, 0.15) is 25.1 Å². The van der Waals surface area contributed by atoms with Gasteiger partial charge >= 0.3 is 5.97 Å². The maximum absolute atomic E-state index is 11.2. The molecule has 1 N–H and O–H groups in total. The van der Waals surface area contributed by atoms with E-state index in [9.17, 15) is 9.90 Å². The Morgan fingerprint density at radius 3 is 2.47 bits per heavy atom. The summed E-state index contributed by atoms with van der Waals surface area (Å²) in [5.74, 6) is 0.219. The third kappa shape index (κ3) is 5.65. The van der Waals surface area contributed by atoms with Crippen LogP contribution in [0.4, 0.5) is 0 Å². The number of aliphatic hydroxyl groups is 1. The van der Waals surface area contributed by atoms with Gasteiger partial charge in [-0.25, -0.2) is 4.79 Å². The molecule has 0 fully saturated rings. The molecule has 0 bridgehead atoms. The predicted molar refractivity (Wildman–Crippen MR) is 89.2 cm³/mol. The first kappa shape index (κ1) is 16.7. The lowest BCUT2D eigenvalue weighted by Crippen LogP contribution is -2.25. The molecule has 0 spiro atoms. The molecule has 0 amide bonds. The van der Waals surface area contributed by atoms with Crippen molar-refractivity contribution in [3.8, 4) is 5.75 Å². The van der Waals surface area contributed by atoms with E-state index in [4.69, 9.17) is 9.47 Å². The van der Waals surface area contributed by atoms with Crippen molar-refractivity contribution in [3.63, 3.8) is 0 Å². The molecule has 0 saturated carbocycles. The van der Waals surface area contributed by atoms with Crippen molar-refractivity contribution in [1.82, 2.24) is 0 Å². The number of carbonyl (C=O) groups excluding carboxylic acids is 1. The smallest absolute Gasteiger partial charge is 0.333 e. The summed E-state index contributed by atoms with van der Waals surface area (Å²) in [5.41, 5.74) is 0.306. The zero-order chi connectivity index (χ0) is 14.4. The molecule has 1 unspecified atom stereocenters. The van der Waals surface area contributed by atoms with Gasteiger partial charge in [0.25, 0.3) is 0 Å². The average molecular weight is 488 g/mol. The molecule has 19 heavy (non-hydrogen) atoms. The van der Waals surface area contributed by atoms with Crippen LogP contribution in [0.1, 0.15) is 6.92 Å². The van der Waals surface area contributed by atoms with Crippen LogP contribution in [-0.2, 0) is 9.53 Å². The number of halogens is 2. The summed E-state index contributed by atoms with van der Waals surface area (Å²) in [4.78, 5) is 11.2. The Morgan fingerprint density at radius 2 is 1.95 bits per heavy atom. The number of para-hydroxylation sites is 1. The monoisotopic (exact) mass is 488 g/mol. The van der Waals surface area contributed by atoms with Crippen LogP contribution >= 0.6 is 45.2 Å². The molecule has 1 rings (SSSR count). The van der Waals surface area contributed by atoms with Crippen LogP contribution in [0, 0.1) is 7.14 Å². The second-order valence-corrected chi connectivity index (χ2v) is 6.22. The van der Waals surface area contributed by atoms with Crippen molar-refractivity contribution < 1.29 is 19.4 Å². The van der Waals surface area contributed by atoms with Gasteiger partial charge in [-0.05, 0) is 64.2 Å². The highest BCUT2D eigenvalue weighted by atomic mass is 127. The summed E-state index contributed by atoms with van der Waals surface area (Å²) in [7, 11) is 0. The third-order valence-electron chi connectivity index (χ3n) is 2.09. The highest BCUT2D eigenvalue weighted by Crippen LogP contribution is 2.26. The Morgan fingerprint density at radius 1 is 1.37 bits per heavy atom. The standard InChI is InChI=1S/C13H14I2O4/c1-8(2)13(17)19-7-9(16)6-18-12-10(14)4-3-5-11(12)15/h3-5,9,16H,1,6-7H2,2H3. The molecule has 104 valence electrons. The van der Waals surface area contributed by atoms with Crippen LogP contribution in [0.15, 0.2) is 30.4 Å². The van der Waals surface area contributed by atoms with Crippen LogP contribution in [0.25, 0.3) is 0 Å². The fourth-order valence-corrected chi connectivity index (χ4v) is 2.97. The van der Waals surface area contributed by atoms with Crippen LogP contribution < -0.4 is 4.74 Å². The Kier molecular flexibility index (Phi) is 7.08. The van der Waals surface area contributed by atoms with Crippen molar-refractivity contribution in [2.45, 2.75) is 13.0 Å². The van der Waals surface area contributed by atoms with Gasteiger partial charge in [-0.1, -0.05) is 12.6 Å². The summed E-state index contributed by atoms with van der Waals surface area (Å²) in [6.45, 7) is 4.98. The van der Waals surface area contributed by atoms with Gasteiger partial charge in [0.05, 0.1) is 7.14 Å². The zero-order valence-corrected chi connectivity index (χ0v) is 14.7. The Bertz CT molecular complexity index is 453. The van der Waals surface area contributed by atoms with Crippen molar-refractivity contribution in [2.24, 2.45) is 0 Å². The molecule has 0 aliphatic heterocycles. The SMILES string of the molecule is C=C(C)C(=O)OCC(O)COc1c(I)cccc1I. The fraction of sp³-hybridized carbons (Fsp3) is 0.308. The second kappa shape index (κ2) is 8.05. The first-order valence-electron chi connectivity index (χ1n) is 5.49. The van der Waals surface area contributed by atoms with Gasteiger partial charge in [-0.3, -0.25) is 0 Å². The lowest BCUT2D eigenvalue weighted by Gasteiger charge is -2.14. The summed E-state index contributed by atoms with van der Waals surface area (Å²) < 4.78 is 12.3. The van der Waals surface area contributed by atoms with Crippen molar-refractivity contribution in [1.29, 1.82) is 0 Å². The summed E-state index contributed by atoms with van der Waals surface area (Å²) in [5, 5.41) is 9.69. The minimum Gasteiger partial charge on any atom is -0.489 e. The molecule has 1 aromatic rings. The van der Waals surface area contributed by atoms with E-state index in [1.165, 1.54) is 0 Å². The minimum absolute atomic E-state index is 0.0689. The van der Waals surface area contributed by atoms with Crippen LogP contribution in [-0.4, -0.2) is 30.4 Å². The maximum Gasteiger partial charge on any atom is 0.333 e. The molecule has 1 atom stereocenters. The molecule has 0 aromatic heterocycles. The van der Waals surface area contributed by atoms with Crippen molar-refractivity contribution in [2.75, 3.05) is 13.2 Å². The van der Waals surface area contributed by atoms with Crippen LogP contribution in [0.5, 0.6) is 5.75 Å². The first-order chi connectivity index (χ1) is 8.91. The number of esters is 1. The van der Waals surface area contributed by atoms with Gasteiger partial charge in [-0.2, -0.15) is 0 Å². The van der Waals surface area contributed by atoms with Gasteiger partial charge < -0.3 is 14.6 Å². The molecular weight excluding hydrogens is 474 g/mol. The number of benzene rings is 1. The lowest BCUT2D eigenvalue weighted by molar-refractivity contribution is -0.142. The number of hydrogen-bond acceptors (Lipinski definition) is 4. The highest BCUT2D eigenvalue weighted by Gasteiger charge is 2.12. The number of rotatable bonds is 6. The number of carbonyl (C=O) groups is 1. The van der Waals surface area contributed by atoms with Crippen LogP contribution in [0.2, 0.25) is 0 Å². The first-order valence-corrected chi connectivity index (χ1v) is 7.65. The van der Waals surface area contributed by atoms with Crippen LogP contribution in [0.3, 0.4) is 0 Å². The molecule has 0 aliphatic carbocycles. The molecule has 4 nitrogen and oxygen atoms in total. The fourth-order valence-electron chi connectivity index (χ4n) is 1.14. The quantitative estimate of drug-likeness (QED) is 0.381. The molecule has 0 aliphatic rings. The molecular formula is C13H14I2O4. The van der Waals surface area contributed by atoms with E-state index in [1.807, 2.05) is 18.2 Å². The molecule has 6 heteroatoms. The molecule has 0 saturated heterocycles. The van der Waals surface area contributed by atoms with E-state index in [0.717, 1.165) is 12.9 Å². The van der Waals surface area contributed by atoms with E-state index in [0.29, 0.717) is 5.57 Å². The van der Waals surface area contributed by atoms with E-state index >= 15 is 0 Å². The third-order valence-corrected chi connectivity index (χ3v) is 3.79. The number of aliphatic hydroxyl groups excluding tert-OH is 1.